The highest BCUT2D eigenvalue weighted by Crippen LogP contribution is 2.27. The van der Waals surface area contributed by atoms with Gasteiger partial charge < -0.3 is 0 Å². The second kappa shape index (κ2) is 4.39. The minimum absolute atomic E-state index is 0.221. The van der Waals surface area contributed by atoms with Gasteiger partial charge in [0.1, 0.15) is 11.2 Å². The number of pyridine rings is 1. The zero-order valence-electron chi connectivity index (χ0n) is 11.2. The van der Waals surface area contributed by atoms with Crippen LogP contribution in [0.25, 0.3) is 21.9 Å². The van der Waals surface area contributed by atoms with Gasteiger partial charge in [0.05, 0.1) is 5.39 Å². The molecule has 22 heavy (non-hydrogen) atoms. The Morgan fingerprint density at radius 2 is 1.45 bits per heavy atom. The minimum Gasteiger partial charge on any atom is -0.280 e. The number of rotatable bonds is 0. The van der Waals surface area contributed by atoms with E-state index in [1.807, 2.05) is 0 Å². The van der Waals surface area contributed by atoms with Crippen molar-refractivity contribution in [2.24, 2.45) is 14.1 Å². The number of benzene rings is 1. The highest BCUT2D eigenvalue weighted by atomic mass is 19.2. The SMILES string of the molecule is Cn1c(=O)c2cc3c(F)c(F)c(F)c(F)c3nc2n(C)c1=O. The minimum atomic E-state index is -2.01. The first-order chi connectivity index (χ1) is 10.3. The zero-order valence-corrected chi connectivity index (χ0v) is 11.2. The van der Waals surface area contributed by atoms with E-state index >= 15 is 0 Å². The van der Waals surface area contributed by atoms with Gasteiger partial charge in [-0.25, -0.2) is 27.3 Å². The standard InChI is InChI=1S/C13H7F4N3O2/c1-19-11-5(12(21)20(2)13(19)22)3-4-6(14)7(15)8(16)9(17)10(4)18-11/h3H,1-2H3. The Bertz CT molecular complexity index is 1090. The molecule has 0 spiro atoms. The number of nitrogens with zero attached hydrogens (tertiary/aromatic N) is 3. The molecule has 0 saturated heterocycles. The van der Waals surface area contributed by atoms with Crippen molar-refractivity contribution in [3.8, 4) is 0 Å². The van der Waals surface area contributed by atoms with E-state index < -0.39 is 45.4 Å². The monoisotopic (exact) mass is 313 g/mol. The molecule has 114 valence electrons. The molecule has 5 nitrogen and oxygen atoms in total. The van der Waals surface area contributed by atoms with E-state index in [1.165, 1.54) is 14.1 Å². The van der Waals surface area contributed by atoms with Crippen molar-refractivity contribution in [3.63, 3.8) is 0 Å². The predicted molar refractivity (Wildman–Crippen MR) is 69.6 cm³/mol. The maximum absolute atomic E-state index is 13.8. The number of aromatic nitrogens is 3. The maximum atomic E-state index is 13.8. The van der Waals surface area contributed by atoms with Crippen molar-refractivity contribution in [1.82, 2.24) is 14.1 Å². The van der Waals surface area contributed by atoms with Crippen molar-refractivity contribution in [1.29, 1.82) is 0 Å². The third-order valence-electron chi connectivity index (χ3n) is 3.45. The summed E-state index contributed by atoms with van der Waals surface area (Å²) in [7, 11) is 2.45. The zero-order chi connectivity index (χ0) is 16.3. The molecular weight excluding hydrogens is 306 g/mol. The Morgan fingerprint density at radius 1 is 0.864 bits per heavy atom. The molecule has 0 saturated carbocycles. The molecule has 0 atom stereocenters. The summed E-state index contributed by atoms with van der Waals surface area (Å²) < 4.78 is 55.8. The van der Waals surface area contributed by atoms with Gasteiger partial charge in [-0.05, 0) is 6.07 Å². The summed E-state index contributed by atoms with van der Waals surface area (Å²) in [5, 5.41) is -0.902. The van der Waals surface area contributed by atoms with Gasteiger partial charge >= 0.3 is 5.69 Å². The maximum Gasteiger partial charge on any atom is 0.332 e. The summed E-state index contributed by atoms with van der Waals surface area (Å²) in [4.78, 5) is 27.4. The summed E-state index contributed by atoms with van der Waals surface area (Å²) in [6.45, 7) is 0. The fraction of sp³-hybridized carbons (Fsp3) is 0.154. The predicted octanol–water partition coefficient (Wildman–Crippen LogP) is 1.34. The molecule has 0 bridgehead atoms. The van der Waals surface area contributed by atoms with E-state index in [0.29, 0.717) is 0 Å². The van der Waals surface area contributed by atoms with Crippen LogP contribution in [0.3, 0.4) is 0 Å². The molecule has 0 aliphatic heterocycles. The van der Waals surface area contributed by atoms with Gasteiger partial charge in [-0.2, -0.15) is 0 Å². The van der Waals surface area contributed by atoms with Crippen LogP contribution >= 0.6 is 0 Å². The van der Waals surface area contributed by atoms with Crippen LogP contribution in [0.2, 0.25) is 0 Å². The van der Waals surface area contributed by atoms with E-state index in [1.54, 1.807) is 0 Å². The van der Waals surface area contributed by atoms with Gasteiger partial charge in [-0.15, -0.1) is 0 Å². The average Bonchev–Trinajstić information content (AvgIpc) is 2.52. The molecule has 2 heterocycles. The number of hydrogen-bond acceptors (Lipinski definition) is 3. The molecule has 0 unspecified atom stereocenters. The summed E-state index contributed by atoms with van der Waals surface area (Å²) >= 11 is 0. The second-order valence-electron chi connectivity index (χ2n) is 4.72. The molecule has 9 heteroatoms. The number of hydrogen-bond donors (Lipinski definition) is 0. The van der Waals surface area contributed by atoms with Crippen LogP contribution in [0, 0.1) is 23.3 Å². The molecular formula is C13H7F4N3O2. The lowest BCUT2D eigenvalue weighted by Crippen LogP contribution is -2.37. The molecule has 3 rings (SSSR count). The van der Waals surface area contributed by atoms with Gasteiger partial charge in [0, 0.05) is 19.5 Å². The van der Waals surface area contributed by atoms with Crippen LogP contribution in [-0.2, 0) is 14.1 Å². The molecule has 0 aliphatic carbocycles. The topological polar surface area (TPSA) is 56.9 Å². The molecule has 0 aliphatic rings. The van der Waals surface area contributed by atoms with Gasteiger partial charge in [-0.1, -0.05) is 0 Å². The smallest absolute Gasteiger partial charge is 0.280 e. The molecule has 1 aromatic carbocycles. The molecule has 0 radical (unpaired) electrons. The van der Waals surface area contributed by atoms with E-state index in [0.717, 1.165) is 15.2 Å². The highest BCUT2D eigenvalue weighted by molar-refractivity contribution is 5.91. The normalized spacial score (nSPS) is 11.5. The number of fused-ring (bicyclic) bond motifs is 2. The van der Waals surface area contributed by atoms with Gasteiger partial charge in [0.25, 0.3) is 5.56 Å². The summed E-state index contributed by atoms with van der Waals surface area (Å²) in [6.07, 6.45) is 0. The number of aryl methyl sites for hydroxylation is 1. The number of halogens is 4. The Balaban J connectivity index is 2.70. The lowest BCUT2D eigenvalue weighted by molar-refractivity contribution is 0.417. The molecule has 0 N–H and O–H groups in total. The van der Waals surface area contributed by atoms with Gasteiger partial charge in [-0.3, -0.25) is 13.9 Å². The van der Waals surface area contributed by atoms with Crippen LogP contribution in [0.4, 0.5) is 17.6 Å². The summed E-state index contributed by atoms with van der Waals surface area (Å²) in [6, 6.07) is 0.848. The molecule has 0 fully saturated rings. The van der Waals surface area contributed by atoms with E-state index in [2.05, 4.69) is 4.98 Å². The van der Waals surface area contributed by atoms with Crippen LogP contribution in [0.5, 0.6) is 0 Å². The van der Waals surface area contributed by atoms with Gasteiger partial charge in [0.15, 0.2) is 23.3 Å². The van der Waals surface area contributed by atoms with Crippen LogP contribution < -0.4 is 11.2 Å². The third kappa shape index (κ3) is 1.62. The third-order valence-corrected chi connectivity index (χ3v) is 3.45. The van der Waals surface area contributed by atoms with E-state index in [-0.39, 0.29) is 11.0 Å². The van der Waals surface area contributed by atoms with E-state index in [9.17, 15) is 27.2 Å². The Morgan fingerprint density at radius 3 is 2.09 bits per heavy atom. The fourth-order valence-corrected chi connectivity index (χ4v) is 2.25. The molecule has 2 aromatic heterocycles. The second-order valence-corrected chi connectivity index (χ2v) is 4.72. The summed E-state index contributed by atoms with van der Waals surface area (Å²) in [5.41, 5.74) is -2.61. The lowest BCUT2D eigenvalue weighted by Gasteiger charge is -2.09. The van der Waals surface area contributed by atoms with Crippen molar-refractivity contribution < 1.29 is 17.6 Å². The lowest BCUT2D eigenvalue weighted by atomic mass is 10.1. The quantitative estimate of drug-likeness (QED) is 0.272. The Hall–Kier alpha value is -2.71. The van der Waals surface area contributed by atoms with Crippen molar-refractivity contribution in [2.75, 3.05) is 0 Å². The largest absolute Gasteiger partial charge is 0.332 e. The van der Waals surface area contributed by atoms with Crippen molar-refractivity contribution in [3.05, 3.63) is 50.2 Å². The van der Waals surface area contributed by atoms with Crippen molar-refractivity contribution in [2.45, 2.75) is 0 Å². The van der Waals surface area contributed by atoms with Crippen LogP contribution in [-0.4, -0.2) is 14.1 Å². The van der Waals surface area contributed by atoms with Crippen molar-refractivity contribution >= 4 is 21.9 Å². The fourth-order valence-electron chi connectivity index (χ4n) is 2.25. The Kier molecular flexibility index (Phi) is 2.84. The molecule has 3 aromatic rings. The van der Waals surface area contributed by atoms with Gasteiger partial charge in [0.2, 0.25) is 0 Å². The highest BCUT2D eigenvalue weighted by Gasteiger charge is 2.23. The first kappa shape index (κ1) is 14.2. The first-order valence-electron chi connectivity index (χ1n) is 5.98. The van der Waals surface area contributed by atoms with Crippen LogP contribution in [0.15, 0.2) is 15.7 Å². The molecule has 0 amide bonds. The Labute approximate surface area is 119 Å². The first-order valence-corrected chi connectivity index (χ1v) is 5.98. The summed E-state index contributed by atoms with van der Waals surface area (Å²) in [5.74, 6) is -7.35. The van der Waals surface area contributed by atoms with Crippen LogP contribution in [0.1, 0.15) is 0 Å². The average molecular weight is 313 g/mol. The van der Waals surface area contributed by atoms with E-state index in [4.69, 9.17) is 0 Å².